The van der Waals surface area contributed by atoms with E-state index < -0.39 is 16.2 Å². The van der Waals surface area contributed by atoms with Crippen LogP contribution < -0.4 is 4.74 Å². The molecule has 7 atom stereocenters. The van der Waals surface area contributed by atoms with E-state index in [4.69, 9.17) is 9.47 Å². The monoisotopic (exact) mass is 696 g/mol. The van der Waals surface area contributed by atoms with Gasteiger partial charge in [-0.3, -0.25) is 14.4 Å². The van der Waals surface area contributed by atoms with Crippen LogP contribution >= 0.6 is 0 Å². The lowest BCUT2D eigenvalue weighted by atomic mass is 9.77. The highest BCUT2D eigenvalue weighted by molar-refractivity contribution is 5.83. The van der Waals surface area contributed by atoms with E-state index in [2.05, 4.69) is 38.6 Å². The number of carbonyl (C=O) groups is 3. The minimum atomic E-state index is -0.553. The molecule has 5 heterocycles. The van der Waals surface area contributed by atoms with Crippen molar-refractivity contribution in [1.82, 2.24) is 29.5 Å². The maximum absolute atomic E-state index is 14.2. The minimum absolute atomic E-state index is 0.0224. The van der Waals surface area contributed by atoms with Gasteiger partial charge in [-0.2, -0.15) is 4.98 Å². The number of amides is 3. The first-order valence-corrected chi connectivity index (χ1v) is 19.6. The Kier molecular flexibility index (Phi) is 10.7. The van der Waals surface area contributed by atoms with E-state index in [0.29, 0.717) is 37.7 Å². The number of hydrogen-bond acceptors (Lipinski definition) is 7. The molecule has 6 rings (SSSR count). The van der Waals surface area contributed by atoms with Crippen molar-refractivity contribution < 1.29 is 23.9 Å². The summed E-state index contributed by atoms with van der Waals surface area (Å²) in [4.78, 5) is 51.8. The summed E-state index contributed by atoms with van der Waals surface area (Å²) in [7, 11) is 0. The fourth-order valence-electron chi connectivity index (χ4n) is 9.77. The van der Waals surface area contributed by atoms with Crippen molar-refractivity contribution in [3.8, 4) is 6.01 Å². The van der Waals surface area contributed by atoms with Crippen molar-refractivity contribution in [1.29, 1.82) is 0 Å². The van der Waals surface area contributed by atoms with E-state index in [1.807, 2.05) is 46.2 Å². The Hall–Kier alpha value is -2.69. The average Bonchev–Trinajstić information content (AvgIpc) is 3.88. The molecule has 5 aliphatic rings. The molecule has 4 unspecified atom stereocenters. The van der Waals surface area contributed by atoms with Crippen LogP contribution in [0.5, 0.6) is 6.01 Å². The van der Waals surface area contributed by atoms with Gasteiger partial charge in [0.05, 0.1) is 30.8 Å². The number of fused-ring (bicyclic) bond motifs is 1. The molecule has 4 saturated heterocycles. The number of nitrogens with zero attached hydrogens (tertiary/aromatic N) is 6. The summed E-state index contributed by atoms with van der Waals surface area (Å²) in [5, 5.41) is 4.67. The van der Waals surface area contributed by atoms with Crippen LogP contribution in [0.4, 0.5) is 0 Å². The molecule has 1 aromatic rings. The molecule has 1 aliphatic carbocycles. The second kappa shape index (κ2) is 14.4. The summed E-state index contributed by atoms with van der Waals surface area (Å²) in [6.07, 6.45) is 12.9. The second-order valence-electron chi connectivity index (χ2n) is 18.7. The highest BCUT2D eigenvalue weighted by Crippen LogP contribution is 2.43. The van der Waals surface area contributed by atoms with Gasteiger partial charge in [-0.05, 0) is 69.6 Å². The molecular weight excluding hydrogens is 632 g/mol. The summed E-state index contributed by atoms with van der Waals surface area (Å²) in [6.45, 7) is 19.3. The largest absolute Gasteiger partial charge is 0.460 e. The van der Waals surface area contributed by atoms with E-state index in [0.717, 1.165) is 64.5 Å². The van der Waals surface area contributed by atoms with Crippen molar-refractivity contribution in [3.05, 3.63) is 6.33 Å². The Morgan fingerprint density at radius 3 is 2.22 bits per heavy atom. The maximum Gasteiger partial charge on any atom is 0.335 e. The van der Waals surface area contributed by atoms with Gasteiger partial charge < -0.3 is 24.2 Å². The molecule has 5 fully saturated rings. The number of carbonyl (C=O) groups excluding carboxylic acids is 3. The first-order chi connectivity index (χ1) is 23.5. The quantitative estimate of drug-likeness (QED) is 0.325. The fraction of sp³-hybridized carbons (Fsp3) is 0.872. The summed E-state index contributed by atoms with van der Waals surface area (Å²) in [6, 6.07) is 0.805. The highest BCUT2D eigenvalue weighted by atomic mass is 16.5. The Bertz CT molecular complexity index is 1380. The molecule has 0 N–H and O–H groups in total. The lowest BCUT2D eigenvalue weighted by Crippen LogP contribution is -2.50. The fourth-order valence-corrected chi connectivity index (χ4v) is 9.77. The van der Waals surface area contributed by atoms with Crippen molar-refractivity contribution >= 4 is 17.7 Å². The molecule has 0 spiro atoms. The van der Waals surface area contributed by atoms with Gasteiger partial charge in [0.15, 0.2) is 0 Å². The SMILES string of the molecule is CC(C)(C)C(=O)N1CCCC1C1OCCC1CC(C)(C)C(=O)N1CCCC1Cn1cnc(OC[C@@H]2C[C@@H]3CCCC[C@@H]3N2C(=O)C(C)(C)C)n1. The summed E-state index contributed by atoms with van der Waals surface area (Å²) >= 11 is 0. The molecule has 11 nitrogen and oxygen atoms in total. The van der Waals surface area contributed by atoms with Crippen LogP contribution in [0.3, 0.4) is 0 Å². The van der Waals surface area contributed by atoms with Crippen LogP contribution in [0.25, 0.3) is 0 Å². The lowest BCUT2D eigenvalue weighted by Gasteiger charge is -2.38. The van der Waals surface area contributed by atoms with Gasteiger partial charge >= 0.3 is 6.01 Å². The third-order valence-corrected chi connectivity index (χ3v) is 12.2. The number of rotatable bonds is 9. The highest BCUT2D eigenvalue weighted by Gasteiger charge is 2.49. The molecule has 0 bridgehead atoms. The number of aromatic nitrogens is 3. The van der Waals surface area contributed by atoms with Crippen LogP contribution in [0.2, 0.25) is 0 Å². The van der Waals surface area contributed by atoms with Gasteiger partial charge in [-0.15, -0.1) is 5.10 Å². The average molecular weight is 697 g/mol. The molecule has 1 saturated carbocycles. The van der Waals surface area contributed by atoms with E-state index in [-0.39, 0.29) is 47.9 Å². The van der Waals surface area contributed by atoms with Crippen molar-refractivity contribution in [2.45, 2.75) is 163 Å². The third kappa shape index (κ3) is 7.73. The topological polar surface area (TPSA) is 110 Å². The summed E-state index contributed by atoms with van der Waals surface area (Å²) < 4.78 is 14.3. The Balaban J connectivity index is 1.05. The third-order valence-electron chi connectivity index (χ3n) is 12.2. The molecule has 4 aliphatic heterocycles. The Labute approximate surface area is 300 Å². The zero-order valence-corrected chi connectivity index (χ0v) is 32.2. The van der Waals surface area contributed by atoms with Gasteiger partial charge in [0, 0.05) is 42.0 Å². The van der Waals surface area contributed by atoms with Crippen LogP contribution in [-0.4, -0.2) is 104 Å². The van der Waals surface area contributed by atoms with Gasteiger partial charge in [0.25, 0.3) is 0 Å². The number of hydrogen-bond donors (Lipinski definition) is 0. The molecule has 50 heavy (non-hydrogen) atoms. The zero-order valence-electron chi connectivity index (χ0n) is 32.2. The van der Waals surface area contributed by atoms with Gasteiger partial charge in [-0.1, -0.05) is 68.2 Å². The maximum atomic E-state index is 14.2. The molecular formula is C39H64N6O5. The van der Waals surface area contributed by atoms with Crippen LogP contribution in [-0.2, 0) is 25.7 Å². The number of likely N-dealkylation sites (tertiary alicyclic amines) is 3. The molecule has 0 aromatic carbocycles. The summed E-state index contributed by atoms with van der Waals surface area (Å²) in [5.74, 6) is 1.37. The van der Waals surface area contributed by atoms with Crippen molar-refractivity contribution in [2.24, 2.45) is 28.1 Å². The van der Waals surface area contributed by atoms with Gasteiger partial charge in [-0.25, -0.2) is 4.68 Å². The van der Waals surface area contributed by atoms with Crippen molar-refractivity contribution in [2.75, 3.05) is 26.3 Å². The van der Waals surface area contributed by atoms with E-state index in [1.165, 1.54) is 19.3 Å². The molecule has 1 aromatic heterocycles. The first-order valence-electron chi connectivity index (χ1n) is 19.6. The smallest absolute Gasteiger partial charge is 0.335 e. The van der Waals surface area contributed by atoms with Crippen LogP contribution in [0.1, 0.15) is 126 Å². The van der Waals surface area contributed by atoms with Gasteiger partial charge in [0.2, 0.25) is 17.7 Å². The molecule has 280 valence electrons. The van der Waals surface area contributed by atoms with E-state index >= 15 is 0 Å². The van der Waals surface area contributed by atoms with Gasteiger partial charge in [0.1, 0.15) is 12.9 Å². The lowest BCUT2D eigenvalue weighted by molar-refractivity contribution is -0.145. The predicted octanol–water partition coefficient (Wildman–Crippen LogP) is 5.71. The normalized spacial score (nSPS) is 30.6. The molecule has 11 heteroatoms. The molecule has 3 amide bonds. The first kappa shape index (κ1) is 37.1. The Morgan fingerprint density at radius 1 is 0.800 bits per heavy atom. The number of ether oxygens (including phenoxy) is 2. The van der Waals surface area contributed by atoms with Crippen LogP contribution in [0.15, 0.2) is 6.33 Å². The van der Waals surface area contributed by atoms with Crippen LogP contribution in [0, 0.1) is 28.1 Å². The zero-order chi connectivity index (χ0) is 36.0. The predicted molar refractivity (Wildman–Crippen MR) is 191 cm³/mol. The van der Waals surface area contributed by atoms with E-state index in [1.54, 1.807) is 6.33 Å². The molecule has 0 radical (unpaired) electrons. The minimum Gasteiger partial charge on any atom is -0.460 e. The van der Waals surface area contributed by atoms with Crippen molar-refractivity contribution in [3.63, 3.8) is 0 Å². The second-order valence-corrected chi connectivity index (χ2v) is 18.7. The van der Waals surface area contributed by atoms with E-state index in [9.17, 15) is 14.4 Å². The standard InChI is InChI=1S/C39H64N6O5/c1-37(2,3)33(46)44-19-12-16-31(44)32-27(17-20-49-32)22-39(7,8)35(48)43-18-11-14-28(43)23-42-25-40-36(41-42)50-24-29-21-26-13-9-10-15-30(26)45(29)34(47)38(4,5)6/h25-32H,9-24H2,1-8H3/t26-,27?,28?,29-,30-,31?,32?/m0/s1. The summed E-state index contributed by atoms with van der Waals surface area (Å²) in [5.41, 5.74) is -1.40. The Morgan fingerprint density at radius 2 is 1.48 bits per heavy atom.